The maximum atomic E-state index is 5.49. The highest BCUT2D eigenvalue weighted by atomic mass is 16.6. The van der Waals surface area contributed by atoms with E-state index in [0.717, 1.165) is 12.2 Å². The summed E-state index contributed by atoms with van der Waals surface area (Å²) in [6, 6.07) is 8.25. The van der Waals surface area contributed by atoms with E-state index in [2.05, 4.69) is 17.6 Å². The molecular formula is C12H13NO. The molecule has 14 heavy (non-hydrogen) atoms. The second-order valence-corrected chi connectivity index (χ2v) is 3.86. The number of fused-ring (bicyclic) bond motifs is 2. The smallest absolute Gasteiger partial charge is 0.162 e. The molecular weight excluding hydrogens is 174 g/mol. The lowest BCUT2D eigenvalue weighted by molar-refractivity contribution is 0.215. The molecule has 1 N–H and O–H groups in total. The van der Waals surface area contributed by atoms with E-state index in [1.165, 1.54) is 36.1 Å². The van der Waals surface area contributed by atoms with Crippen molar-refractivity contribution < 1.29 is 4.84 Å². The number of hydrogen-bond donors (Lipinski definition) is 1. The molecule has 1 aromatic carbocycles. The maximum absolute atomic E-state index is 5.49. The van der Waals surface area contributed by atoms with Crippen molar-refractivity contribution in [2.24, 2.45) is 0 Å². The fraction of sp³-hybridized carbons (Fsp3) is 0.333. The molecule has 2 heteroatoms. The minimum absolute atomic E-state index is 0.966. The van der Waals surface area contributed by atoms with E-state index < -0.39 is 0 Å². The molecule has 1 aliphatic heterocycles. The van der Waals surface area contributed by atoms with Crippen LogP contribution in [-0.2, 0) is 0 Å². The topological polar surface area (TPSA) is 21.3 Å². The third kappa shape index (κ3) is 1.10. The highest BCUT2D eigenvalue weighted by Crippen LogP contribution is 2.38. The predicted molar refractivity (Wildman–Crippen MR) is 55.6 cm³/mol. The number of allylic oxidation sites excluding steroid dienone is 2. The summed E-state index contributed by atoms with van der Waals surface area (Å²) in [6.45, 7) is 0. The second kappa shape index (κ2) is 3.05. The van der Waals surface area contributed by atoms with Gasteiger partial charge in [0.25, 0.3) is 0 Å². The first-order chi connectivity index (χ1) is 6.95. The van der Waals surface area contributed by atoms with Gasteiger partial charge in [0.15, 0.2) is 5.75 Å². The zero-order valence-corrected chi connectivity index (χ0v) is 8.05. The van der Waals surface area contributed by atoms with Gasteiger partial charge < -0.3 is 4.84 Å². The van der Waals surface area contributed by atoms with Crippen LogP contribution in [-0.4, -0.2) is 0 Å². The number of benzene rings is 1. The quantitative estimate of drug-likeness (QED) is 0.674. The van der Waals surface area contributed by atoms with Crippen molar-refractivity contribution in [3.05, 3.63) is 35.5 Å². The summed E-state index contributed by atoms with van der Waals surface area (Å²) in [6.07, 6.45) is 4.89. The largest absolute Gasteiger partial charge is 0.382 e. The molecule has 0 spiro atoms. The van der Waals surface area contributed by atoms with Crippen molar-refractivity contribution in [1.82, 2.24) is 5.48 Å². The fourth-order valence-corrected chi connectivity index (χ4v) is 2.24. The van der Waals surface area contributed by atoms with Crippen molar-refractivity contribution in [2.45, 2.75) is 25.7 Å². The SMILES string of the molecule is c1ccc2c(c1)ONC1=C2CCCC1. The molecule has 2 nitrogen and oxygen atoms in total. The third-order valence-corrected chi connectivity index (χ3v) is 2.96. The summed E-state index contributed by atoms with van der Waals surface area (Å²) < 4.78 is 0. The normalized spacial score (nSPS) is 19.1. The molecule has 0 aromatic heterocycles. The Kier molecular flexibility index (Phi) is 1.72. The first-order valence-corrected chi connectivity index (χ1v) is 5.19. The van der Waals surface area contributed by atoms with Gasteiger partial charge in [0, 0.05) is 5.56 Å². The number of hydroxylamine groups is 1. The van der Waals surface area contributed by atoms with E-state index in [-0.39, 0.29) is 0 Å². The number of nitrogens with one attached hydrogen (secondary N) is 1. The molecule has 0 amide bonds. The third-order valence-electron chi connectivity index (χ3n) is 2.96. The first kappa shape index (κ1) is 7.92. The van der Waals surface area contributed by atoms with Gasteiger partial charge in [-0.3, -0.25) is 0 Å². The van der Waals surface area contributed by atoms with Crippen LogP contribution in [0.5, 0.6) is 5.75 Å². The molecule has 0 atom stereocenters. The number of para-hydroxylation sites is 1. The van der Waals surface area contributed by atoms with Crippen molar-refractivity contribution in [1.29, 1.82) is 0 Å². The lowest BCUT2D eigenvalue weighted by Gasteiger charge is -2.27. The van der Waals surface area contributed by atoms with Gasteiger partial charge in [0.05, 0.1) is 5.70 Å². The highest BCUT2D eigenvalue weighted by molar-refractivity contribution is 5.74. The average Bonchev–Trinajstić information content (AvgIpc) is 2.29. The van der Waals surface area contributed by atoms with E-state index in [1.807, 2.05) is 12.1 Å². The van der Waals surface area contributed by atoms with Crippen molar-refractivity contribution in [3.63, 3.8) is 0 Å². The van der Waals surface area contributed by atoms with Gasteiger partial charge in [0.2, 0.25) is 0 Å². The van der Waals surface area contributed by atoms with Crippen LogP contribution >= 0.6 is 0 Å². The van der Waals surface area contributed by atoms with Crippen LogP contribution < -0.4 is 10.3 Å². The summed E-state index contributed by atoms with van der Waals surface area (Å²) in [5, 5.41) is 0. The fourth-order valence-electron chi connectivity index (χ4n) is 2.24. The Morgan fingerprint density at radius 3 is 2.93 bits per heavy atom. The van der Waals surface area contributed by atoms with E-state index in [0.29, 0.717) is 0 Å². The Morgan fingerprint density at radius 1 is 1.07 bits per heavy atom. The zero-order valence-electron chi connectivity index (χ0n) is 8.05. The molecule has 1 aromatic rings. The predicted octanol–water partition coefficient (Wildman–Crippen LogP) is 2.87. The summed E-state index contributed by atoms with van der Waals surface area (Å²) in [7, 11) is 0. The second-order valence-electron chi connectivity index (χ2n) is 3.86. The van der Waals surface area contributed by atoms with Gasteiger partial charge in [-0.2, -0.15) is 0 Å². The van der Waals surface area contributed by atoms with E-state index in [4.69, 9.17) is 4.84 Å². The summed E-state index contributed by atoms with van der Waals surface area (Å²) >= 11 is 0. The van der Waals surface area contributed by atoms with Crippen LogP contribution in [0.4, 0.5) is 0 Å². The zero-order chi connectivity index (χ0) is 9.38. The monoisotopic (exact) mass is 187 g/mol. The summed E-state index contributed by atoms with van der Waals surface area (Å²) in [4.78, 5) is 5.49. The Labute approximate surface area is 83.5 Å². The van der Waals surface area contributed by atoms with Gasteiger partial charge in [0.1, 0.15) is 0 Å². The molecule has 1 heterocycles. The molecule has 0 radical (unpaired) electrons. The van der Waals surface area contributed by atoms with Gasteiger partial charge in [-0.25, -0.2) is 5.48 Å². The molecule has 72 valence electrons. The van der Waals surface area contributed by atoms with Crippen LogP contribution in [0, 0.1) is 0 Å². The number of rotatable bonds is 0. The van der Waals surface area contributed by atoms with Crippen LogP contribution in [0.25, 0.3) is 5.57 Å². The Balaban J connectivity index is 2.13. The van der Waals surface area contributed by atoms with Crippen molar-refractivity contribution in [3.8, 4) is 5.75 Å². The van der Waals surface area contributed by atoms with Crippen LogP contribution in [0.3, 0.4) is 0 Å². The lowest BCUT2D eigenvalue weighted by Crippen LogP contribution is -2.25. The average molecular weight is 187 g/mol. The molecule has 0 saturated heterocycles. The van der Waals surface area contributed by atoms with Gasteiger partial charge in [-0.15, -0.1) is 0 Å². The molecule has 0 fully saturated rings. The highest BCUT2D eigenvalue weighted by Gasteiger charge is 2.21. The Hall–Kier alpha value is -1.44. The summed E-state index contributed by atoms with van der Waals surface area (Å²) in [5.41, 5.74) is 7.08. The molecule has 1 aliphatic carbocycles. The van der Waals surface area contributed by atoms with Gasteiger partial charge in [-0.05, 0) is 37.3 Å². The first-order valence-electron chi connectivity index (χ1n) is 5.19. The molecule has 2 aliphatic rings. The summed E-state index contributed by atoms with van der Waals surface area (Å²) in [5.74, 6) is 0.966. The standard InChI is InChI=1S/C12H13NO/c1-3-7-11-9(5-1)10-6-2-4-8-12(10)14-13-11/h2,4,6,8,13H,1,3,5,7H2. The molecule has 0 bridgehead atoms. The molecule has 0 saturated carbocycles. The Morgan fingerprint density at radius 2 is 1.93 bits per heavy atom. The minimum Gasteiger partial charge on any atom is -0.382 e. The van der Waals surface area contributed by atoms with Gasteiger partial charge >= 0.3 is 0 Å². The minimum atomic E-state index is 0.966. The van der Waals surface area contributed by atoms with Crippen LogP contribution in [0.1, 0.15) is 31.2 Å². The van der Waals surface area contributed by atoms with Crippen molar-refractivity contribution in [2.75, 3.05) is 0 Å². The van der Waals surface area contributed by atoms with E-state index in [1.54, 1.807) is 0 Å². The molecule has 3 rings (SSSR count). The van der Waals surface area contributed by atoms with Crippen molar-refractivity contribution >= 4 is 5.57 Å². The Bertz CT molecular complexity index is 395. The molecule has 0 unspecified atom stereocenters. The number of hydrogen-bond acceptors (Lipinski definition) is 2. The van der Waals surface area contributed by atoms with E-state index in [9.17, 15) is 0 Å². The lowest BCUT2D eigenvalue weighted by atomic mass is 9.90. The maximum Gasteiger partial charge on any atom is 0.162 e. The van der Waals surface area contributed by atoms with E-state index >= 15 is 0 Å². The van der Waals surface area contributed by atoms with Crippen LogP contribution in [0.15, 0.2) is 30.0 Å². The van der Waals surface area contributed by atoms with Crippen LogP contribution in [0.2, 0.25) is 0 Å². The van der Waals surface area contributed by atoms with Gasteiger partial charge in [-0.1, -0.05) is 18.2 Å².